The average molecular weight is 647 g/mol. The standard InChI is InChI=1S/C36H42N2O9/c1-6-19-9-8-18(16-38-30(17(3)4)35(44)47-7-2)12-23(19)22-10-11-25(39)28-24(22)14-20-13-21-15-26(40)29(34(37)43)32(42)36(21,45)33(46-5)27(20)31(28)41/h8-12,17,20-21,30,38-40,45H,6-7,13-16H2,1-5H3,(H2,37,43)/t20-,21+,30?,36-/m1/s1. The number of nitrogens with two attached hydrogens (primary N) is 1. The molecule has 0 radical (unpaired) electrons. The number of hydrogen-bond donors (Lipinski definition) is 5. The molecule has 250 valence electrons. The van der Waals surface area contributed by atoms with E-state index in [1.807, 2.05) is 39.0 Å². The summed E-state index contributed by atoms with van der Waals surface area (Å²) in [7, 11) is 1.23. The maximum atomic E-state index is 14.3. The minimum atomic E-state index is -2.38. The molecule has 0 bridgehead atoms. The van der Waals surface area contributed by atoms with Crippen molar-refractivity contribution in [3.05, 3.63) is 75.3 Å². The van der Waals surface area contributed by atoms with Gasteiger partial charge in [0, 0.05) is 24.5 Å². The van der Waals surface area contributed by atoms with Gasteiger partial charge in [-0.05, 0) is 78.0 Å². The van der Waals surface area contributed by atoms with Gasteiger partial charge in [-0.3, -0.25) is 19.2 Å². The number of fused-ring (bicyclic) bond motifs is 3. The van der Waals surface area contributed by atoms with E-state index in [9.17, 15) is 34.5 Å². The Kier molecular flexibility index (Phi) is 9.34. The molecule has 4 atom stereocenters. The lowest BCUT2D eigenvalue weighted by Crippen LogP contribution is -2.57. The summed E-state index contributed by atoms with van der Waals surface area (Å²) < 4.78 is 10.8. The lowest BCUT2D eigenvalue weighted by molar-refractivity contribution is -0.147. The van der Waals surface area contributed by atoms with Gasteiger partial charge in [-0.1, -0.05) is 39.0 Å². The molecule has 11 heteroatoms. The van der Waals surface area contributed by atoms with Gasteiger partial charge < -0.3 is 35.8 Å². The van der Waals surface area contributed by atoms with Gasteiger partial charge in [0.2, 0.25) is 5.78 Å². The summed E-state index contributed by atoms with van der Waals surface area (Å²) in [4.78, 5) is 52.3. The molecule has 1 amide bonds. The summed E-state index contributed by atoms with van der Waals surface area (Å²) in [6.07, 6.45) is 0.904. The van der Waals surface area contributed by atoms with Gasteiger partial charge in [0.25, 0.3) is 5.91 Å². The average Bonchev–Trinajstić information content (AvgIpc) is 3.01. The third-order valence-corrected chi connectivity index (χ3v) is 9.70. The smallest absolute Gasteiger partial charge is 0.323 e. The number of aromatic hydroxyl groups is 1. The van der Waals surface area contributed by atoms with Crippen LogP contribution in [-0.4, -0.2) is 64.1 Å². The first kappa shape index (κ1) is 33.9. The highest BCUT2D eigenvalue weighted by atomic mass is 16.5. The largest absolute Gasteiger partial charge is 0.511 e. The Hall–Kier alpha value is -4.48. The number of esters is 1. The number of ether oxygens (including phenoxy) is 2. The van der Waals surface area contributed by atoms with E-state index in [4.69, 9.17) is 15.2 Å². The van der Waals surface area contributed by atoms with E-state index >= 15 is 0 Å². The summed E-state index contributed by atoms with van der Waals surface area (Å²) in [5.41, 5.74) is 6.55. The number of phenolic OH excluding ortho intramolecular Hbond substituents is 1. The van der Waals surface area contributed by atoms with Crippen LogP contribution >= 0.6 is 0 Å². The maximum absolute atomic E-state index is 14.3. The van der Waals surface area contributed by atoms with Crippen LogP contribution in [0.2, 0.25) is 0 Å². The molecule has 11 nitrogen and oxygen atoms in total. The molecule has 0 saturated carbocycles. The number of primary amides is 1. The second-order valence-electron chi connectivity index (χ2n) is 12.8. The van der Waals surface area contributed by atoms with Gasteiger partial charge in [0.15, 0.2) is 11.4 Å². The topological polar surface area (TPSA) is 185 Å². The molecule has 0 heterocycles. The molecule has 5 rings (SSSR count). The number of amides is 1. The van der Waals surface area contributed by atoms with Gasteiger partial charge in [0.05, 0.1) is 19.3 Å². The number of hydrogen-bond acceptors (Lipinski definition) is 10. The van der Waals surface area contributed by atoms with Crippen LogP contribution in [0.25, 0.3) is 11.1 Å². The van der Waals surface area contributed by atoms with Crippen molar-refractivity contribution in [2.75, 3.05) is 13.7 Å². The van der Waals surface area contributed by atoms with Crippen molar-refractivity contribution in [2.45, 2.75) is 71.6 Å². The number of allylic oxidation sites excluding steroid dienone is 2. The van der Waals surface area contributed by atoms with Crippen LogP contribution in [0.5, 0.6) is 5.75 Å². The molecule has 3 aliphatic rings. The molecule has 47 heavy (non-hydrogen) atoms. The molecule has 2 aromatic rings. The van der Waals surface area contributed by atoms with Crippen molar-refractivity contribution in [2.24, 2.45) is 23.5 Å². The fourth-order valence-corrected chi connectivity index (χ4v) is 7.46. The number of aryl methyl sites for hydroxylation is 1. The number of ketones is 2. The molecule has 2 aromatic carbocycles. The highest BCUT2D eigenvalue weighted by Gasteiger charge is 2.60. The zero-order valence-corrected chi connectivity index (χ0v) is 27.3. The number of carbonyl (C=O) groups is 4. The molecule has 0 fully saturated rings. The van der Waals surface area contributed by atoms with Gasteiger partial charge >= 0.3 is 5.97 Å². The molecule has 3 aliphatic carbocycles. The molecule has 0 aliphatic heterocycles. The van der Waals surface area contributed by atoms with Crippen LogP contribution in [0.4, 0.5) is 0 Å². The number of rotatable bonds is 10. The summed E-state index contributed by atoms with van der Waals surface area (Å²) in [6.45, 7) is 8.37. The van der Waals surface area contributed by atoms with E-state index in [1.165, 1.54) is 13.2 Å². The van der Waals surface area contributed by atoms with Gasteiger partial charge in [0.1, 0.15) is 28.9 Å². The molecule has 1 unspecified atom stereocenters. The third-order valence-electron chi connectivity index (χ3n) is 9.70. The van der Waals surface area contributed by atoms with Crippen molar-refractivity contribution < 1.29 is 44.0 Å². The van der Waals surface area contributed by atoms with Crippen LogP contribution in [0.3, 0.4) is 0 Å². The predicted octanol–water partition coefficient (Wildman–Crippen LogP) is 3.58. The zero-order valence-electron chi connectivity index (χ0n) is 27.3. The molecule has 6 N–H and O–H groups in total. The van der Waals surface area contributed by atoms with E-state index < -0.39 is 52.3 Å². The summed E-state index contributed by atoms with van der Waals surface area (Å²) in [6, 6.07) is 8.77. The van der Waals surface area contributed by atoms with Gasteiger partial charge in [-0.2, -0.15) is 0 Å². The van der Waals surface area contributed by atoms with Crippen LogP contribution in [-0.2, 0) is 43.2 Å². The van der Waals surface area contributed by atoms with Crippen molar-refractivity contribution in [3.63, 3.8) is 0 Å². The Morgan fingerprint density at radius 3 is 2.43 bits per heavy atom. The minimum absolute atomic E-state index is 0.00482. The van der Waals surface area contributed by atoms with E-state index in [0.717, 1.165) is 22.3 Å². The first-order valence-electron chi connectivity index (χ1n) is 16.0. The highest BCUT2D eigenvalue weighted by Crippen LogP contribution is 2.53. The highest BCUT2D eigenvalue weighted by molar-refractivity contribution is 6.24. The van der Waals surface area contributed by atoms with Crippen molar-refractivity contribution in [1.82, 2.24) is 5.32 Å². The second kappa shape index (κ2) is 13.0. The lowest BCUT2D eigenvalue weighted by atomic mass is 9.60. The number of aliphatic hydroxyl groups is 2. The number of nitrogens with one attached hydrogen (secondary N) is 1. The quantitative estimate of drug-likeness (QED) is 0.189. The van der Waals surface area contributed by atoms with Crippen molar-refractivity contribution in [3.8, 4) is 16.9 Å². The molecule has 0 aromatic heterocycles. The lowest BCUT2D eigenvalue weighted by Gasteiger charge is -2.46. The number of phenols is 1. The molecular formula is C36H42N2O9. The van der Waals surface area contributed by atoms with Crippen LogP contribution in [0.1, 0.15) is 67.6 Å². The van der Waals surface area contributed by atoms with Crippen LogP contribution < -0.4 is 11.1 Å². The second-order valence-corrected chi connectivity index (χ2v) is 12.8. The Morgan fingerprint density at radius 1 is 1.09 bits per heavy atom. The number of carbonyl (C=O) groups excluding carboxylic acids is 4. The van der Waals surface area contributed by atoms with Crippen LogP contribution in [0, 0.1) is 17.8 Å². The Balaban J connectivity index is 1.59. The van der Waals surface area contributed by atoms with Crippen LogP contribution in [0.15, 0.2) is 53.0 Å². The normalized spacial score (nSPS) is 22.9. The minimum Gasteiger partial charge on any atom is -0.511 e. The summed E-state index contributed by atoms with van der Waals surface area (Å²) in [5, 5.41) is 36.7. The number of aliphatic hydroxyl groups excluding tert-OH is 1. The molecule has 0 saturated heterocycles. The summed E-state index contributed by atoms with van der Waals surface area (Å²) >= 11 is 0. The zero-order chi connectivity index (χ0) is 34.4. The van der Waals surface area contributed by atoms with E-state index in [0.29, 0.717) is 18.5 Å². The van der Waals surface area contributed by atoms with E-state index in [2.05, 4.69) is 5.32 Å². The molecule has 0 spiro atoms. The number of benzene rings is 2. The Labute approximate surface area is 273 Å². The van der Waals surface area contributed by atoms with Crippen molar-refractivity contribution >= 4 is 23.4 Å². The summed E-state index contributed by atoms with van der Waals surface area (Å²) in [5.74, 6) is -5.64. The third kappa shape index (κ3) is 5.61. The predicted molar refractivity (Wildman–Crippen MR) is 172 cm³/mol. The van der Waals surface area contributed by atoms with E-state index in [1.54, 1.807) is 13.0 Å². The first-order chi connectivity index (χ1) is 22.3. The van der Waals surface area contributed by atoms with Gasteiger partial charge in [-0.15, -0.1) is 0 Å². The first-order valence-corrected chi connectivity index (χ1v) is 16.0. The van der Waals surface area contributed by atoms with Gasteiger partial charge in [-0.25, -0.2) is 0 Å². The monoisotopic (exact) mass is 646 g/mol. The fraction of sp³-hybridized carbons (Fsp3) is 0.444. The number of Topliss-reactive ketones (excluding diaryl/α,β-unsaturated/α-hetero) is 2. The number of methoxy groups -OCH3 is 1. The Bertz CT molecular complexity index is 1720. The van der Waals surface area contributed by atoms with Crippen molar-refractivity contribution in [1.29, 1.82) is 0 Å². The Morgan fingerprint density at radius 2 is 1.81 bits per heavy atom. The fourth-order valence-electron chi connectivity index (χ4n) is 7.46. The van der Waals surface area contributed by atoms with E-state index in [-0.39, 0.29) is 60.4 Å². The molecular weight excluding hydrogens is 604 g/mol. The SMILES string of the molecule is CCOC(=O)C(NCc1ccc(CC)c(-c2ccc(O)c3c2C[C@H]2C[C@H]4CC(O)=C(C(N)=O)C(=O)[C@@]4(O)C(OC)=C2C3=O)c1)C(C)C. The maximum Gasteiger partial charge on any atom is 0.323 e.